The number of imide groups is 1. The van der Waals surface area contributed by atoms with Gasteiger partial charge in [-0.25, -0.2) is 9.29 Å². The zero-order valence-electron chi connectivity index (χ0n) is 18.3. The number of hydrogen-bond donors (Lipinski definition) is 0. The summed E-state index contributed by atoms with van der Waals surface area (Å²) in [6.45, 7) is 1.98. The lowest BCUT2D eigenvalue weighted by Crippen LogP contribution is -2.45. The fraction of sp³-hybridized carbons (Fsp3) is 0.192. The van der Waals surface area contributed by atoms with Gasteiger partial charge in [-0.05, 0) is 61.0 Å². The van der Waals surface area contributed by atoms with Crippen LogP contribution in [-0.4, -0.2) is 35.8 Å². The van der Waals surface area contributed by atoms with E-state index in [9.17, 15) is 18.8 Å². The number of halogens is 1. The summed E-state index contributed by atoms with van der Waals surface area (Å²) in [4.78, 5) is 42.1. The van der Waals surface area contributed by atoms with Crippen molar-refractivity contribution in [2.45, 2.75) is 25.9 Å². The smallest absolute Gasteiger partial charge is 0.257 e. The van der Waals surface area contributed by atoms with Gasteiger partial charge in [0.05, 0.1) is 19.2 Å². The highest BCUT2D eigenvalue weighted by Crippen LogP contribution is 2.29. The summed E-state index contributed by atoms with van der Waals surface area (Å²) >= 11 is 0. The molecule has 0 saturated carbocycles. The molecule has 1 atom stereocenters. The average molecular weight is 446 g/mol. The van der Waals surface area contributed by atoms with Crippen LogP contribution in [0, 0.1) is 12.7 Å². The van der Waals surface area contributed by atoms with Crippen molar-refractivity contribution in [2.75, 3.05) is 12.0 Å². The molecular formula is C26H23FN2O4. The van der Waals surface area contributed by atoms with E-state index in [1.165, 1.54) is 24.1 Å². The van der Waals surface area contributed by atoms with Crippen LogP contribution < -0.4 is 9.64 Å². The Kier molecular flexibility index (Phi) is 6.22. The third-order valence-corrected chi connectivity index (χ3v) is 5.66. The molecule has 4 rings (SSSR count). The molecule has 3 amide bonds. The second kappa shape index (κ2) is 9.24. The van der Waals surface area contributed by atoms with Gasteiger partial charge < -0.3 is 9.64 Å². The van der Waals surface area contributed by atoms with Crippen LogP contribution in [0.4, 0.5) is 10.1 Å². The van der Waals surface area contributed by atoms with Gasteiger partial charge in [-0.1, -0.05) is 29.8 Å². The van der Waals surface area contributed by atoms with Gasteiger partial charge in [0.25, 0.3) is 11.8 Å². The number of benzene rings is 3. The maximum Gasteiger partial charge on any atom is 0.257 e. The van der Waals surface area contributed by atoms with Crippen molar-refractivity contribution >= 4 is 23.4 Å². The molecule has 6 nitrogen and oxygen atoms in total. The molecule has 7 heteroatoms. The molecule has 1 saturated heterocycles. The van der Waals surface area contributed by atoms with Crippen molar-refractivity contribution in [1.29, 1.82) is 0 Å². The molecule has 1 heterocycles. The normalized spacial score (nSPS) is 15.6. The number of hydrogen-bond acceptors (Lipinski definition) is 4. The third-order valence-electron chi connectivity index (χ3n) is 5.66. The molecule has 168 valence electrons. The predicted octanol–water partition coefficient (Wildman–Crippen LogP) is 4.12. The highest BCUT2D eigenvalue weighted by molar-refractivity contribution is 6.23. The quantitative estimate of drug-likeness (QED) is 0.535. The number of carbonyl (C=O) groups is 3. The molecule has 1 aliphatic heterocycles. The van der Waals surface area contributed by atoms with Gasteiger partial charge in [0.15, 0.2) is 0 Å². The van der Waals surface area contributed by atoms with E-state index in [-0.39, 0.29) is 18.9 Å². The highest BCUT2D eigenvalue weighted by Gasteiger charge is 2.44. The molecule has 3 aromatic carbocycles. The molecule has 0 radical (unpaired) electrons. The SMILES string of the molecule is COc1ccc(N2C(=O)CC(N(Cc3ccc(F)cc3)C(=O)c3ccc(C)cc3)C2=O)cc1. The summed E-state index contributed by atoms with van der Waals surface area (Å²) < 4.78 is 18.5. The van der Waals surface area contributed by atoms with Crippen LogP contribution in [0.15, 0.2) is 72.8 Å². The van der Waals surface area contributed by atoms with Crippen LogP contribution in [0.25, 0.3) is 0 Å². The number of amides is 3. The van der Waals surface area contributed by atoms with Gasteiger partial charge in [0.1, 0.15) is 17.6 Å². The van der Waals surface area contributed by atoms with E-state index in [1.807, 2.05) is 19.1 Å². The molecule has 0 spiro atoms. The average Bonchev–Trinajstić information content (AvgIpc) is 3.12. The van der Waals surface area contributed by atoms with Crippen molar-refractivity contribution in [1.82, 2.24) is 4.90 Å². The third kappa shape index (κ3) is 4.62. The number of ether oxygens (including phenoxy) is 1. The Morgan fingerprint density at radius 3 is 2.24 bits per heavy atom. The first-order chi connectivity index (χ1) is 15.9. The lowest BCUT2D eigenvalue weighted by molar-refractivity contribution is -0.122. The molecule has 33 heavy (non-hydrogen) atoms. The van der Waals surface area contributed by atoms with E-state index in [1.54, 1.807) is 48.5 Å². The number of methoxy groups -OCH3 is 1. The zero-order chi connectivity index (χ0) is 23.5. The second-order valence-electron chi connectivity index (χ2n) is 7.91. The van der Waals surface area contributed by atoms with Gasteiger partial charge >= 0.3 is 0 Å². The minimum absolute atomic E-state index is 0.0626. The van der Waals surface area contributed by atoms with Crippen molar-refractivity contribution in [2.24, 2.45) is 0 Å². The number of nitrogens with zero attached hydrogens (tertiary/aromatic N) is 2. The van der Waals surface area contributed by atoms with Gasteiger partial charge in [-0.3, -0.25) is 14.4 Å². The van der Waals surface area contributed by atoms with E-state index in [0.29, 0.717) is 22.6 Å². The number of aryl methyl sites for hydroxylation is 1. The molecule has 0 aliphatic carbocycles. The molecule has 3 aromatic rings. The van der Waals surface area contributed by atoms with Crippen LogP contribution in [-0.2, 0) is 16.1 Å². The zero-order valence-corrected chi connectivity index (χ0v) is 18.3. The Hall–Kier alpha value is -4.00. The van der Waals surface area contributed by atoms with Crippen molar-refractivity contribution in [3.63, 3.8) is 0 Å². The number of carbonyl (C=O) groups excluding carboxylic acids is 3. The van der Waals surface area contributed by atoms with E-state index < -0.39 is 23.7 Å². The van der Waals surface area contributed by atoms with Gasteiger partial charge in [0, 0.05) is 12.1 Å². The fourth-order valence-electron chi connectivity index (χ4n) is 3.83. The van der Waals surface area contributed by atoms with Crippen molar-refractivity contribution in [3.8, 4) is 5.75 Å². The second-order valence-corrected chi connectivity index (χ2v) is 7.91. The Bertz CT molecular complexity index is 1170. The minimum atomic E-state index is -0.974. The topological polar surface area (TPSA) is 66.9 Å². The predicted molar refractivity (Wildman–Crippen MR) is 121 cm³/mol. The molecule has 0 N–H and O–H groups in total. The summed E-state index contributed by atoms with van der Waals surface area (Å²) in [6.07, 6.45) is -0.135. The summed E-state index contributed by atoms with van der Waals surface area (Å²) in [5, 5.41) is 0. The van der Waals surface area contributed by atoms with E-state index >= 15 is 0 Å². The summed E-state index contributed by atoms with van der Waals surface area (Å²) in [6, 6.07) is 18.3. The maximum absolute atomic E-state index is 13.4. The fourth-order valence-corrected chi connectivity index (χ4v) is 3.83. The Balaban J connectivity index is 1.67. The van der Waals surface area contributed by atoms with Crippen LogP contribution >= 0.6 is 0 Å². The first kappa shape index (κ1) is 22.2. The van der Waals surface area contributed by atoms with Crippen LogP contribution in [0.5, 0.6) is 5.75 Å². The Labute approximate surface area is 191 Å². The van der Waals surface area contributed by atoms with E-state index in [2.05, 4.69) is 0 Å². The first-order valence-corrected chi connectivity index (χ1v) is 10.5. The molecule has 1 aliphatic rings. The minimum Gasteiger partial charge on any atom is -0.497 e. The van der Waals surface area contributed by atoms with Crippen LogP contribution in [0.1, 0.15) is 27.9 Å². The molecule has 1 fully saturated rings. The van der Waals surface area contributed by atoms with E-state index in [0.717, 1.165) is 10.5 Å². The maximum atomic E-state index is 13.4. The molecular weight excluding hydrogens is 423 g/mol. The monoisotopic (exact) mass is 446 g/mol. The Morgan fingerprint density at radius 1 is 1.00 bits per heavy atom. The molecule has 1 unspecified atom stereocenters. The standard InChI is InChI=1S/C26H23FN2O4/c1-17-3-7-19(8-4-17)25(31)28(16-18-5-9-20(27)10-6-18)23-15-24(30)29(26(23)32)21-11-13-22(33-2)14-12-21/h3-14,23H,15-16H2,1-2H3. The van der Waals surface area contributed by atoms with Crippen LogP contribution in [0.2, 0.25) is 0 Å². The summed E-state index contributed by atoms with van der Waals surface area (Å²) in [7, 11) is 1.53. The lowest BCUT2D eigenvalue weighted by Gasteiger charge is -2.28. The van der Waals surface area contributed by atoms with Crippen LogP contribution in [0.3, 0.4) is 0 Å². The summed E-state index contributed by atoms with van der Waals surface area (Å²) in [5.41, 5.74) is 2.47. The highest BCUT2D eigenvalue weighted by atomic mass is 19.1. The number of rotatable bonds is 6. The van der Waals surface area contributed by atoms with Crippen molar-refractivity contribution in [3.05, 3.63) is 95.3 Å². The Morgan fingerprint density at radius 2 is 1.64 bits per heavy atom. The van der Waals surface area contributed by atoms with Crippen molar-refractivity contribution < 1.29 is 23.5 Å². The van der Waals surface area contributed by atoms with E-state index in [4.69, 9.17) is 4.74 Å². The molecule has 0 bridgehead atoms. The molecule has 0 aromatic heterocycles. The summed E-state index contributed by atoms with van der Waals surface area (Å²) in [5.74, 6) is -1.04. The number of anilines is 1. The largest absolute Gasteiger partial charge is 0.497 e. The lowest BCUT2D eigenvalue weighted by atomic mass is 10.1. The first-order valence-electron chi connectivity index (χ1n) is 10.5. The van der Waals surface area contributed by atoms with Gasteiger partial charge in [0.2, 0.25) is 5.91 Å². The van der Waals surface area contributed by atoms with Gasteiger partial charge in [-0.15, -0.1) is 0 Å². The van der Waals surface area contributed by atoms with Gasteiger partial charge in [-0.2, -0.15) is 0 Å².